The zero-order valence-electron chi connectivity index (χ0n) is 26.0. The molecule has 10 heteroatoms. The molecule has 0 bridgehead atoms. The van der Waals surface area contributed by atoms with Crippen molar-refractivity contribution in [3.05, 3.63) is 35.9 Å². The Morgan fingerprint density at radius 2 is 1.15 bits per heavy atom. The monoisotopic (exact) mass is 562 g/mol. The Kier molecular flexibility index (Phi) is 11.7. The van der Waals surface area contributed by atoms with Crippen LogP contribution in [0.1, 0.15) is 74.8 Å². The molecule has 226 valence electrons. The lowest BCUT2D eigenvalue weighted by molar-refractivity contribution is -0.0161. The summed E-state index contributed by atoms with van der Waals surface area (Å²) in [6, 6.07) is 9.69. The molecule has 0 radical (unpaired) electrons. The number of hydrogen-bond acceptors (Lipinski definition) is 7. The molecule has 2 fully saturated rings. The van der Waals surface area contributed by atoms with E-state index in [1.165, 1.54) is 0 Å². The second-order valence-corrected chi connectivity index (χ2v) is 12.8. The molecule has 0 aromatic heterocycles. The molecule has 4 atom stereocenters. The zero-order chi connectivity index (χ0) is 30.3. The van der Waals surface area contributed by atoms with Crippen LogP contribution in [0, 0.1) is 0 Å². The normalized spacial score (nSPS) is 23.5. The summed E-state index contributed by atoms with van der Waals surface area (Å²) in [5, 5.41) is 3.28. The molecule has 1 aromatic carbocycles. The summed E-state index contributed by atoms with van der Waals surface area (Å²) in [6.07, 6.45) is -0.903. The number of nitrogens with zero attached hydrogens (tertiary/aromatic N) is 3. The van der Waals surface area contributed by atoms with E-state index in [2.05, 4.69) is 5.32 Å². The molecule has 1 aromatic rings. The van der Waals surface area contributed by atoms with E-state index in [-0.39, 0.29) is 49.1 Å². The molecule has 10 nitrogen and oxygen atoms in total. The second kappa shape index (κ2) is 14.1. The van der Waals surface area contributed by atoms with Gasteiger partial charge in [-0.25, -0.2) is 14.4 Å². The minimum atomic E-state index is -0.539. The molecule has 0 unspecified atom stereocenters. The van der Waals surface area contributed by atoms with E-state index < -0.39 is 11.2 Å². The third kappa shape index (κ3) is 10.5. The summed E-state index contributed by atoms with van der Waals surface area (Å²) in [6.45, 7) is 21.9. The van der Waals surface area contributed by atoms with Gasteiger partial charge in [-0.05, 0) is 74.8 Å². The van der Waals surface area contributed by atoms with Crippen LogP contribution in [0.3, 0.4) is 0 Å². The van der Waals surface area contributed by atoms with Gasteiger partial charge in [0.15, 0.2) is 0 Å². The number of benzene rings is 1. The number of hydrogen-bond donors (Lipinski definition) is 1. The second-order valence-electron chi connectivity index (χ2n) is 12.8. The molecule has 0 aliphatic carbocycles. The molecule has 2 aliphatic rings. The summed E-state index contributed by atoms with van der Waals surface area (Å²) >= 11 is 0. The van der Waals surface area contributed by atoms with Crippen molar-refractivity contribution in [2.75, 3.05) is 26.2 Å². The SMILES string of the molecule is C[C@@H]1CN(C(=O)OCc2ccccc2)C[C@H](C)N1C(=O)OC(C)(C)C.C[C@@H]1CNC[C@H](C)N1C(=O)OC(C)(C)C. The molecule has 3 amide bonds. The molecular weight excluding hydrogens is 512 g/mol. The fraction of sp³-hybridized carbons (Fsp3) is 0.700. The van der Waals surface area contributed by atoms with Crippen molar-refractivity contribution < 1.29 is 28.6 Å². The van der Waals surface area contributed by atoms with Crippen molar-refractivity contribution in [2.24, 2.45) is 0 Å². The zero-order valence-corrected chi connectivity index (χ0v) is 26.0. The van der Waals surface area contributed by atoms with E-state index in [1.54, 1.807) is 9.80 Å². The van der Waals surface area contributed by atoms with Crippen LogP contribution in [0.25, 0.3) is 0 Å². The average molecular weight is 563 g/mol. The maximum absolute atomic E-state index is 12.4. The van der Waals surface area contributed by atoms with Crippen LogP contribution >= 0.6 is 0 Å². The number of piperazine rings is 2. The minimum absolute atomic E-state index is 0.136. The lowest BCUT2D eigenvalue weighted by Crippen LogP contribution is -2.60. The van der Waals surface area contributed by atoms with Gasteiger partial charge in [0.2, 0.25) is 0 Å². The van der Waals surface area contributed by atoms with Gasteiger partial charge in [-0.2, -0.15) is 0 Å². The van der Waals surface area contributed by atoms with Crippen LogP contribution in [0.15, 0.2) is 30.3 Å². The summed E-state index contributed by atoms with van der Waals surface area (Å²) in [5.74, 6) is 0. The highest BCUT2D eigenvalue weighted by molar-refractivity contribution is 5.71. The van der Waals surface area contributed by atoms with Crippen LogP contribution in [0.2, 0.25) is 0 Å². The predicted molar refractivity (Wildman–Crippen MR) is 155 cm³/mol. The smallest absolute Gasteiger partial charge is 0.410 e. The topological polar surface area (TPSA) is 101 Å². The first-order valence-electron chi connectivity index (χ1n) is 14.2. The van der Waals surface area contributed by atoms with Crippen molar-refractivity contribution in [1.82, 2.24) is 20.0 Å². The molecular formula is C30H50N4O6. The average Bonchev–Trinajstić information content (AvgIpc) is 2.80. The quantitative estimate of drug-likeness (QED) is 0.491. The van der Waals surface area contributed by atoms with Crippen LogP contribution in [-0.2, 0) is 20.8 Å². The highest BCUT2D eigenvalue weighted by Crippen LogP contribution is 2.21. The van der Waals surface area contributed by atoms with Crippen molar-refractivity contribution >= 4 is 18.3 Å². The summed E-state index contributed by atoms with van der Waals surface area (Å²) < 4.78 is 16.2. The number of nitrogens with one attached hydrogen (secondary N) is 1. The number of rotatable bonds is 2. The van der Waals surface area contributed by atoms with Crippen LogP contribution in [-0.4, -0.2) is 94.5 Å². The van der Waals surface area contributed by atoms with E-state index in [1.807, 2.05) is 104 Å². The molecule has 2 heterocycles. The van der Waals surface area contributed by atoms with E-state index in [9.17, 15) is 14.4 Å². The van der Waals surface area contributed by atoms with Gasteiger partial charge in [-0.3, -0.25) is 4.90 Å². The van der Waals surface area contributed by atoms with E-state index in [4.69, 9.17) is 14.2 Å². The van der Waals surface area contributed by atoms with E-state index >= 15 is 0 Å². The lowest BCUT2D eigenvalue weighted by Gasteiger charge is -2.43. The van der Waals surface area contributed by atoms with Gasteiger partial charge in [0, 0.05) is 38.3 Å². The molecule has 0 saturated carbocycles. The third-order valence-electron chi connectivity index (χ3n) is 6.42. The van der Waals surface area contributed by atoms with Gasteiger partial charge in [0.25, 0.3) is 0 Å². The summed E-state index contributed by atoms with van der Waals surface area (Å²) in [4.78, 5) is 41.8. The third-order valence-corrected chi connectivity index (χ3v) is 6.42. The van der Waals surface area contributed by atoms with Gasteiger partial charge in [-0.1, -0.05) is 30.3 Å². The van der Waals surface area contributed by atoms with Gasteiger partial charge in [-0.15, -0.1) is 0 Å². The molecule has 2 aliphatic heterocycles. The molecule has 40 heavy (non-hydrogen) atoms. The first-order chi connectivity index (χ1) is 18.5. The number of ether oxygens (including phenoxy) is 3. The molecule has 0 spiro atoms. The van der Waals surface area contributed by atoms with Crippen molar-refractivity contribution in [3.63, 3.8) is 0 Å². The molecule has 2 saturated heterocycles. The van der Waals surface area contributed by atoms with Gasteiger partial charge in [0.05, 0.1) is 12.1 Å². The number of carbonyl (C=O) groups is 3. The minimum Gasteiger partial charge on any atom is -0.445 e. The van der Waals surface area contributed by atoms with Crippen molar-refractivity contribution in [2.45, 2.75) is 111 Å². The Labute approximate surface area is 240 Å². The number of carbonyl (C=O) groups excluding carboxylic acids is 3. The van der Waals surface area contributed by atoms with Gasteiger partial charge >= 0.3 is 18.3 Å². The highest BCUT2D eigenvalue weighted by atomic mass is 16.6. The fourth-order valence-electron chi connectivity index (χ4n) is 4.76. The van der Waals surface area contributed by atoms with E-state index in [0.29, 0.717) is 13.1 Å². The first-order valence-corrected chi connectivity index (χ1v) is 14.2. The maximum Gasteiger partial charge on any atom is 0.410 e. The maximum atomic E-state index is 12.4. The van der Waals surface area contributed by atoms with Crippen LogP contribution < -0.4 is 5.32 Å². The largest absolute Gasteiger partial charge is 0.445 e. The summed E-state index contributed by atoms with van der Waals surface area (Å²) in [7, 11) is 0. The standard InChI is InChI=1S/C19H28N2O4.C11H22N2O2/c1-14-11-20(17(22)24-13-16-9-7-6-8-10-16)12-15(2)21(14)18(23)25-19(3,4)5;1-8-6-12-7-9(2)13(8)10(14)15-11(3,4)5/h6-10,14-15H,11-13H2,1-5H3;8-9,12H,6-7H2,1-5H3/t14-,15+;8-,9+. The first kappa shape index (κ1) is 33.2. The fourth-order valence-corrected chi connectivity index (χ4v) is 4.76. The summed E-state index contributed by atoms with van der Waals surface area (Å²) in [5.41, 5.74) is -0.00623. The van der Waals surface area contributed by atoms with Crippen molar-refractivity contribution in [1.29, 1.82) is 0 Å². The Morgan fingerprint density at radius 3 is 1.57 bits per heavy atom. The molecule has 3 rings (SSSR count). The van der Waals surface area contributed by atoms with Crippen LogP contribution in [0.5, 0.6) is 0 Å². The highest BCUT2D eigenvalue weighted by Gasteiger charge is 2.37. The number of amides is 3. The Balaban J connectivity index is 0.000000319. The predicted octanol–water partition coefficient (Wildman–Crippen LogP) is 5.26. The Hall–Kier alpha value is -3.01. The Bertz CT molecular complexity index is 953. The molecule has 1 N–H and O–H groups in total. The van der Waals surface area contributed by atoms with Gasteiger partial charge in [0.1, 0.15) is 17.8 Å². The van der Waals surface area contributed by atoms with Crippen LogP contribution in [0.4, 0.5) is 14.4 Å². The van der Waals surface area contributed by atoms with E-state index in [0.717, 1.165) is 18.7 Å². The van der Waals surface area contributed by atoms with Gasteiger partial charge < -0.3 is 29.3 Å². The van der Waals surface area contributed by atoms with Crippen molar-refractivity contribution in [3.8, 4) is 0 Å². The lowest BCUT2D eigenvalue weighted by atomic mass is 10.1. The Morgan fingerprint density at radius 1 is 0.725 bits per heavy atom.